The zero-order valence-corrected chi connectivity index (χ0v) is 16.6. The minimum absolute atomic E-state index is 0.0401. The lowest BCUT2D eigenvalue weighted by atomic mass is 9.96. The second-order valence-corrected chi connectivity index (χ2v) is 7.49. The summed E-state index contributed by atoms with van der Waals surface area (Å²) in [7, 11) is 3.69. The van der Waals surface area contributed by atoms with Crippen LogP contribution in [0.2, 0.25) is 0 Å². The van der Waals surface area contributed by atoms with Gasteiger partial charge < -0.3 is 10.2 Å². The van der Waals surface area contributed by atoms with Crippen LogP contribution >= 0.6 is 0 Å². The number of likely N-dealkylation sites (tertiary alicyclic amines) is 1. The van der Waals surface area contributed by atoms with Crippen LogP contribution in [0.5, 0.6) is 0 Å². The van der Waals surface area contributed by atoms with Gasteiger partial charge >= 0.3 is 0 Å². The largest absolute Gasteiger partial charge is 0.374 e. The Labute approximate surface area is 164 Å². The molecule has 1 N–H and O–H groups in total. The van der Waals surface area contributed by atoms with E-state index in [1.54, 1.807) is 13.1 Å². The number of hydrogen-bond donors (Lipinski definition) is 1. The van der Waals surface area contributed by atoms with Crippen molar-refractivity contribution >= 4 is 28.2 Å². The highest BCUT2D eigenvalue weighted by atomic mass is 16.6. The summed E-state index contributed by atoms with van der Waals surface area (Å²) in [5, 5.41) is 14.8. The lowest BCUT2D eigenvalue weighted by molar-refractivity contribution is -0.383. The van der Waals surface area contributed by atoms with Gasteiger partial charge in [-0.25, -0.2) is 4.98 Å². The number of piperidine rings is 1. The number of pyridine rings is 1. The Morgan fingerprint density at radius 1 is 1.39 bits per heavy atom. The number of likely N-dealkylation sites (N-methyl/N-ethyl adjacent to an activating group) is 1. The number of carbonyl (C=O) groups is 1. The van der Waals surface area contributed by atoms with E-state index in [9.17, 15) is 14.9 Å². The molecule has 8 nitrogen and oxygen atoms in total. The molecule has 0 radical (unpaired) electrons. The van der Waals surface area contributed by atoms with Crippen LogP contribution < -0.4 is 10.2 Å². The van der Waals surface area contributed by atoms with Crippen molar-refractivity contribution in [2.75, 3.05) is 45.2 Å². The number of anilines is 1. The maximum absolute atomic E-state index is 11.5. The molecule has 1 aromatic heterocycles. The lowest BCUT2D eigenvalue weighted by Crippen LogP contribution is -2.42. The minimum Gasteiger partial charge on any atom is -0.374 e. The van der Waals surface area contributed by atoms with Crippen molar-refractivity contribution in [1.82, 2.24) is 15.2 Å². The third kappa shape index (κ3) is 4.39. The zero-order valence-electron chi connectivity index (χ0n) is 16.6. The summed E-state index contributed by atoms with van der Waals surface area (Å²) in [4.78, 5) is 31.3. The van der Waals surface area contributed by atoms with Gasteiger partial charge in [0, 0.05) is 43.5 Å². The first-order chi connectivity index (χ1) is 13.4. The summed E-state index contributed by atoms with van der Waals surface area (Å²) in [6, 6.07) is 7.10. The van der Waals surface area contributed by atoms with Gasteiger partial charge in [0.1, 0.15) is 0 Å². The quantitative estimate of drug-likeness (QED) is 0.606. The molecule has 1 saturated heterocycles. The van der Waals surface area contributed by atoms with Gasteiger partial charge in [-0.1, -0.05) is 12.1 Å². The Kier molecular flexibility index (Phi) is 6.08. The first-order valence-corrected chi connectivity index (χ1v) is 9.58. The third-order valence-electron chi connectivity index (χ3n) is 5.42. The highest BCUT2D eigenvalue weighted by Gasteiger charge is 2.23. The number of nitrogens with zero attached hydrogens (tertiary/aromatic N) is 4. The van der Waals surface area contributed by atoms with Crippen LogP contribution in [-0.2, 0) is 4.79 Å². The van der Waals surface area contributed by atoms with Crippen LogP contribution in [0.1, 0.15) is 18.5 Å². The molecule has 1 amide bonds. The molecule has 1 fully saturated rings. The molecule has 0 bridgehead atoms. The lowest BCUT2D eigenvalue weighted by Gasteiger charge is -2.34. The van der Waals surface area contributed by atoms with E-state index in [0.717, 1.165) is 49.2 Å². The molecule has 1 aliphatic heterocycles. The van der Waals surface area contributed by atoms with Crippen molar-refractivity contribution in [3.05, 3.63) is 40.1 Å². The molecule has 150 valence electrons. The van der Waals surface area contributed by atoms with Crippen molar-refractivity contribution in [3.63, 3.8) is 0 Å². The summed E-state index contributed by atoms with van der Waals surface area (Å²) in [5.74, 6) is 0.573. The predicted octanol–water partition coefficient (Wildman–Crippen LogP) is 2.35. The van der Waals surface area contributed by atoms with Crippen molar-refractivity contribution in [2.24, 2.45) is 5.92 Å². The van der Waals surface area contributed by atoms with Crippen molar-refractivity contribution in [1.29, 1.82) is 0 Å². The maximum Gasteiger partial charge on any atom is 0.295 e. The van der Waals surface area contributed by atoms with E-state index in [1.165, 1.54) is 6.07 Å². The van der Waals surface area contributed by atoms with Crippen molar-refractivity contribution < 1.29 is 9.72 Å². The Morgan fingerprint density at radius 3 is 2.75 bits per heavy atom. The second-order valence-electron chi connectivity index (χ2n) is 7.49. The number of nitro benzene ring substituents is 1. The number of hydrogen-bond acceptors (Lipinski definition) is 6. The molecule has 2 aromatic rings. The van der Waals surface area contributed by atoms with Crippen molar-refractivity contribution in [3.8, 4) is 0 Å². The van der Waals surface area contributed by atoms with Crippen LogP contribution in [0.4, 0.5) is 11.4 Å². The van der Waals surface area contributed by atoms with Gasteiger partial charge in [0.25, 0.3) is 5.69 Å². The average molecular weight is 385 g/mol. The normalized spacial score (nSPS) is 15.5. The number of benzene rings is 1. The summed E-state index contributed by atoms with van der Waals surface area (Å²) < 4.78 is 0. The molecule has 28 heavy (non-hydrogen) atoms. The predicted molar refractivity (Wildman–Crippen MR) is 110 cm³/mol. The fourth-order valence-corrected chi connectivity index (χ4v) is 3.90. The monoisotopic (exact) mass is 385 g/mol. The standard InChI is InChI=1S/C20H27N5O3/c1-14-11-18(16-5-4-6-17(25(27)28)20(16)22-14)23(3)12-15-7-9-24(10-8-15)13-19(26)21-2/h4-6,11,15H,7-10,12-13H2,1-3H3,(H,21,26). The van der Waals surface area contributed by atoms with Gasteiger partial charge in [-0.2, -0.15) is 0 Å². The molecule has 1 aliphatic rings. The Balaban J connectivity index is 1.74. The number of amides is 1. The Morgan fingerprint density at radius 2 is 2.11 bits per heavy atom. The fraction of sp³-hybridized carbons (Fsp3) is 0.500. The molecule has 2 heterocycles. The first kappa shape index (κ1) is 20.0. The van der Waals surface area contributed by atoms with E-state index in [4.69, 9.17) is 0 Å². The summed E-state index contributed by atoms with van der Waals surface area (Å²) in [6.07, 6.45) is 2.06. The van der Waals surface area contributed by atoms with Crippen LogP contribution in [-0.4, -0.2) is 61.0 Å². The minimum atomic E-state index is -0.374. The van der Waals surface area contributed by atoms with Gasteiger partial charge in [-0.3, -0.25) is 19.8 Å². The van der Waals surface area contributed by atoms with Gasteiger partial charge in [0.05, 0.1) is 11.5 Å². The van der Waals surface area contributed by atoms with Gasteiger partial charge in [0.15, 0.2) is 5.52 Å². The number of fused-ring (bicyclic) bond motifs is 1. The first-order valence-electron chi connectivity index (χ1n) is 9.58. The number of carbonyl (C=O) groups excluding carboxylic acids is 1. The van der Waals surface area contributed by atoms with Gasteiger partial charge in [-0.15, -0.1) is 0 Å². The molecule has 8 heteroatoms. The molecule has 0 spiro atoms. The number of para-hydroxylation sites is 1. The number of aryl methyl sites for hydroxylation is 1. The number of nitro groups is 1. The van der Waals surface area contributed by atoms with E-state index >= 15 is 0 Å². The van der Waals surface area contributed by atoms with Crippen LogP contribution in [0.3, 0.4) is 0 Å². The molecule has 0 unspecified atom stereocenters. The average Bonchev–Trinajstić information content (AvgIpc) is 2.68. The van der Waals surface area contributed by atoms with Crippen LogP contribution in [0.15, 0.2) is 24.3 Å². The van der Waals surface area contributed by atoms with E-state index < -0.39 is 0 Å². The number of non-ortho nitro benzene ring substituents is 1. The number of nitrogens with one attached hydrogen (secondary N) is 1. The van der Waals surface area contributed by atoms with Crippen LogP contribution in [0.25, 0.3) is 10.9 Å². The zero-order chi connectivity index (χ0) is 20.3. The van der Waals surface area contributed by atoms with E-state index in [0.29, 0.717) is 18.0 Å². The number of aromatic nitrogens is 1. The summed E-state index contributed by atoms with van der Waals surface area (Å²) in [5.41, 5.74) is 2.22. The highest BCUT2D eigenvalue weighted by molar-refractivity contribution is 5.97. The second kappa shape index (κ2) is 8.52. The molecular weight excluding hydrogens is 358 g/mol. The van der Waals surface area contributed by atoms with E-state index in [2.05, 4.69) is 20.1 Å². The van der Waals surface area contributed by atoms with E-state index in [1.807, 2.05) is 26.1 Å². The molecule has 0 aliphatic carbocycles. The molecular formula is C20H27N5O3. The molecule has 3 rings (SSSR count). The molecule has 1 aromatic carbocycles. The molecule has 0 saturated carbocycles. The number of rotatable bonds is 6. The summed E-state index contributed by atoms with van der Waals surface area (Å²) >= 11 is 0. The molecule has 0 atom stereocenters. The Bertz CT molecular complexity index is 878. The fourth-order valence-electron chi connectivity index (χ4n) is 3.90. The SMILES string of the molecule is CNC(=O)CN1CCC(CN(C)c2cc(C)nc3c([N+](=O)[O-])cccc23)CC1. The van der Waals surface area contributed by atoms with Crippen molar-refractivity contribution in [2.45, 2.75) is 19.8 Å². The van der Waals surface area contributed by atoms with Crippen LogP contribution in [0, 0.1) is 23.0 Å². The van der Waals surface area contributed by atoms with Gasteiger partial charge in [-0.05, 0) is 44.8 Å². The Hall–Kier alpha value is -2.74. The topological polar surface area (TPSA) is 91.6 Å². The third-order valence-corrected chi connectivity index (χ3v) is 5.42. The summed E-state index contributed by atoms with van der Waals surface area (Å²) in [6.45, 7) is 5.01. The maximum atomic E-state index is 11.5. The smallest absolute Gasteiger partial charge is 0.295 e. The van der Waals surface area contributed by atoms with E-state index in [-0.39, 0.29) is 16.5 Å². The van der Waals surface area contributed by atoms with Gasteiger partial charge in [0.2, 0.25) is 5.91 Å². The highest BCUT2D eigenvalue weighted by Crippen LogP contribution is 2.32.